The van der Waals surface area contributed by atoms with Crippen molar-refractivity contribution in [2.75, 3.05) is 19.6 Å². The predicted octanol–water partition coefficient (Wildman–Crippen LogP) is -0.598. The number of nitrogens with one attached hydrogen (secondary N) is 1. The van der Waals surface area contributed by atoms with Crippen LogP contribution in [0.15, 0.2) is 17.5 Å². The van der Waals surface area contributed by atoms with E-state index < -0.39 is 12.2 Å². The van der Waals surface area contributed by atoms with Gasteiger partial charge in [0.05, 0.1) is 25.3 Å². The quantitative estimate of drug-likeness (QED) is 0.673. The van der Waals surface area contributed by atoms with Gasteiger partial charge in [-0.25, -0.2) is 0 Å². The van der Waals surface area contributed by atoms with E-state index in [1.807, 2.05) is 17.5 Å². The third-order valence-corrected chi connectivity index (χ3v) is 3.62. The van der Waals surface area contributed by atoms with Crippen LogP contribution in [-0.2, 0) is 11.3 Å². The minimum atomic E-state index is -0.736. The van der Waals surface area contributed by atoms with E-state index in [0.717, 1.165) is 4.88 Å². The topological polar surface area (TPSA) is 72.8 Å². The first-order chi connectivity index (χ1) is 8.15. The van der Waals surface area contributed by atoms with Crippen LogP contribution < -0.4 is 5.32 Å². The Hall–Kier alpha value is -0.950. The van der Waals surface area contributed by atoms with Gasteiger partial charge >= 0.3 is 0 Å². The zero-order valence-electron chi connectivity index (χ0n) is 9.37. The van der Waals surface area contributed by atoms with E-state index in [1.165, 1.54) is 0 Å². The third-order valence-electron chi connectivity index (χ3n) is 2.74. The highest BCUT2D eigenvalue weighted by atomic mass is 32.1. The number of carbonyl (C=O) groups excluding carboxylic acids is 1. The van der Waals surface area contributed by atoms with Gasteiger partial charge in [-0.05, 0) is 11.4 Å². The van der Waals surface area contributed by atoms with Crippen molar-refractivity contribution in [3.63, 3.8) is 0 Å². The lowest BCUT2D eigenvalue weighted by Gasteiger charge is -2.13. The zero-order chi connectivity index (χ0) is 12.3. The molecule has 0 bridgehead atoms. The summed E-state index contributed by atoms with van der Waals surface area (Å²) in [6.45, 7) is 1.47. The Bertz CT molecular complexity index is 359. The van der Waals surface area contributed by atoms with Crippen molar-refractivity contribution >= 4 is 17.2 Å². The minimum Gasteiger partial charge on any atom is -0.389 e. The fourth-order valence-corrected chi connectivity index (χ4v) is 2.48. The van der Waals surface area contributed by atoms with Crippen molar-refractivity contribution < 1.29 is 15.0 Å². The van der Waals surface area contributed by atoms with Gasteiger partial charge in [0, 0.05) is 18.0 Å². The number of thiophene rings is 1. The van der Waals surface area contributed by atoms with Crippen LogP contribution in [0.4, 0.5) is 0 Å². The van der Waals surface area contributed by atoms with E-state index in [2.05, 4.69) is 5.32 Å². The maximum Gasteiger partial charge on any atom is 0.234 e. The maximum absolute atomic E-state index is 11.6. The Kier molecular flexibility index (Phi) is 4.11. The number of rotatable bonds is 4. The number of amides is 1. The van der Waals surface area contributed by atoms with Crippen molar-refractivity contribution in [1.82, 2.24) is 10.2 Å². The van der Waals surface area contributed by atoms with Crippen molar-refractivity contribution in [3.8, 4) is 0 Å². The summed E-state index contributed by atoms with van der Waals surface area (Å²) in [6.07, 6.45) is -1.47. The number of hydrogen-bond acceptors (Lipinski definition) is 5. The molecule has 1 fully saturated rings. The van der Waals surface area contributed by atoms with Crippen LogP contribution in [0.1, 0.15) is 4.88 Å². The number of aliphatic hydroxyl groups is 2. The first-order valence-electron chi connectivity index (χ1n) is 5.52. The van der Waals surface area contributed by atoms with E-state index >= 15 is 0 Å². The largest absolute Gasteiger partial charge is 0.389 e. The van der Waals surface area contributed by atoms with Gasteiger partial charge in [-0.1, -0.05) is 6.07 Å². The summed E-state index contributed by atoms with van der Waals surface area (Å²) in [7, 11) is 0. The number of aliphatic hydroxyl groups excluding tert-OH is 2. The first-order valence-corrected chi connectivity index (χ1v) is 6.40. The molecule has 94 valence electrons. The van der Waals surface area contributed by atoms with E-state index in [4.69, 9.17) is 0 Å². The molecule has 0 aliphatic carbocycles. The normalized spacial score (nSPS) is 25.1. The Morgan fingerprint density at radius 2 is 2.18 bits per heavy atom. The molecule has 17 heavy (non-hydrogen) atoms. The highest BCUT2D eigenvalue weighted by Gasteiger charge is 2.30. The van der Waals surface area contributed by atoms with Gasteiger partial charge in [-0.2, -0.15) is 0 Å². The van der Waals surface area contributed by atoms with Gasteiger partial charge < -0.3 is 15.5 Å². The fourth-order valence-electron chi connectivity index (χ4n) is 1.83. The number of hydrogen-bond donors (Lipinski definition) is 3. The second kappa shape index (κ2) is 5.59. The molecular formula is C11H16N2O3S. The van der Waals surface area contributed by atoms with Gasteiger partial charge in [0.15, 0.2) is 0 Å². The zero-order valence-corrected chi connectivity index (χ0v) is 10.2. The number of β-amino-alcohol motifs (C(OH)–C–C–N with tert-alkyl or cyclic N) is 2. The molecule has 3 N–H and O–H groups in total. The average Bonchev–Trinajstić information content (AvgIpc) is 2.87. The molecule has 0 unspecified atom stereocenters. The summed E-state index contributed by atoms with van der Waals surface area (Å²) in [6, 6.07) is 3.91. The molecule has 0 radical (unpaired) electrons. The average molecular weight is 256 g/mol. The van der Waals surface area contributed by atoms with Crippen LogP contribution in [0.3, 0.4) is 0 Å². The standard InChI is InChI=1S/C11H16N2O3S/c14-9-5-13(6-10(9)15)7-11(16)12-4-8-2-1-3-17-8/h1-3,9-10,14-15H,4-7H2,(H,12,16)/t9-,10+. The van der Waals surface area contributed by atoms with Crippen molar-refractivity contribution in [1.29, 1.82) is 0 Å². The summed E-state index contributed by atoms with van der Waals surface area (Å²) in [5, 5.41) is 23.5. The summed E-state index contributed by atoms with van der Waals surface area (Å²) in [5.41, 5.74) is 0. The van der Waals surface area contributed by atoms with E-state index in [1.54, 1.807) is 16.2 Å². The van der Waals surface area contributed by atoms with Crippen LogP contribution in [0.2, 0.25) is 0 Å². The molecule has 1 aliphatic heterocycles. The Balaban J connectivity index is 1.71. The van der Waals surface area contributed by atoms with Crippen LogP contribution in [0, 0.1) is 0 Å². The van der Waals surface area contributed by atoms with Gasteiger partial charge in [-0.15, -0.1) is 11.3 Å². The molecule has 1 saturated heterocycles. The first kappa shape index (κ1) is 12.5. The molecule has 1 aromatic rings. The van der Waals surface area contributed by atoms with E-state index in [9.17, 15) is 15.0 Å². The predicted molar refractivity (Wildman–Crippen MR) is 64.6 cm³/mol. The lowest BCUT2D eigenvalue weighted by atomic mass is 10.3. The van der Waals surface area contributed by atoms with Gasteiger partial charge in [0.1, 0.15) is 0 Å². The summed E-state index contributed by atoms with van der Waals surface area (Å²) >= 11 is 1.60. The molecule has 1 aromatic heterocycles. The van der Waals surface area contributed by atoms with Gasteiger partial charge in [0.25, 0.3) is 0 Å². The fraction of sp³-hybridized carbons (Fsp3) is 0.545. The molecule has 2 heterocycles. The van der Waals surface area contributed by atoms with Gasteiger partial charge in [-0.3, -0.25) is 9.69 Å². The van der Waals surface area contributed by atoms with Gasteiger partial charge in [0.2, 0.25) is 5.91 Å². The molecule has 2 atom stereocenters. The third kappa shape index (κ3) is 3.50. The van der Waals surface area contributed by atoms with E-state index in [0.29, 0.717) is 19.6 Å². The minimum absolute atomic E-state index is 0.0836. The van der Waals surface area contributed by atoms with E-state index in [-0.39, 0.29) is 12.5 Å². The lowest BCUT2D eigenvalue weighted by molar-refractivity contribution is -0.122. The molecule has 1 aliphatic rings. The molecule has 0 aromatic carbocycles. The number of carbonyl (C=O) groups is 1. The van der Waals surface area contributed by atoms with Crippen LogP contribution >= 0.6 is 11.3 Å². The molecule has 2 rings (SSSR count). The lowest BCUT2D eigenvalue weighted by Crippen LogP contribution is -2.36. The Morgan fingerprint density at radius 3 is 2.76 bits per heavy atom. The SMILES string of the molecule is O=C(CN1C[C@@H](O)[C@@H](O)C1)NCc1cccs1. The van der Waals surface area contributed by atoms with Crippen LogP contribution in [-0.4, -0.2) is 52.9 Å². The molecule has 0 spiro atoms. The summed E-state index contributed by atoms with van der Waals surface area (Å²) in [5.74, 6) is -0.0836. The summed E-state index contributed by atoms with van der Waals surface area (Å²) in [4.78, 5) is 14.5. The number of nitrogens with zero attached hydrogens (tertiary/aromatic N) is 1. The molecule has 6 heteroatoms. The van der Waals surface area contributed by atoms with Crippen molar-refractivity contribution in [2.24, 2.45) is 0 Å². The summed E-state index contributed by atoms with van der Waals surface area (Å²) < 4.78 is 0. The Morgan fingerprint density at radius 1 is 1.47 bits per heavy atom. The van der Waals surface area contributed by atoms with Crippen LogP contribution in [0.5, 0.6) is 0 Å². The highest BCUT2D eigenvalue weighted by Crippen LogP contribution is 2.10. The monoisotopic (exact) mass is 256 g/mol. The molecule has 5 nitrogen and oxygen atoms in total. The second-order valence-electron chi connectivity index (χ2n) is 4.18. The van der Waals surface area contributed by atoms with Crippen molar-refractivity contribution in [2.45, 2.75) is 18.8 Å². The molecular weight excluding hydrogens is 240 g/mol. The Labute approximate surface area is 104 Å². The number of likely N-dealkylation sites (tertiary alicyclic amines) is 1. The smallest absolute Gasteiger partial charge is 0.234 e. The maximum atomic E-state index is 11.6. The van der Waals surface area contributed by atoms with Crippen LogP contribution in [0.25, 0.3) is 0 Å². The molecule has 0 saturated carbocycles. The van der Waals surface area contributed by atoms with Crippen molar-refractivity contribution in [3.05, 3.63) is 22.4 Å². The second-order valence-corrected chi connectivity index (χ2v) is 5.22. The molecule has 1 amide bonds. The highest BCUT2D eigenvalue weighted by molar-refractivity contribution is 7.09.